The van der Waals surface area contributed by atoms with Gasteiger partial charge in [0, 0.05) is 6.04 Å². The van der Waals surface area contributed by atoms with Crippen LogP contribution < -0.4 is 5.73 Å². The van der Waals surface area contributed by atoms with Crippen LogP contribution in [0.25, 0.3) is 0 Å². The number of rotatable bonds is 5. The van der Waals surface area contributed by atoms with E-state index < -0.39 is 0 Å². The van der Waals surface area contributed by atoms with Crippen LogP contribution in [-0.2, 0) is 0 Å². The average Bonchev–Trinajstić information content (AvgIpc) is 2.11. The van der Waals surface area contributed by atoms with Crippen LogP contribution in [-0.4, -0.2) is 6.04 Å². The van der Waals surface area contributed by atoms with Crippen molar-refractivity contribution in [2.75, 3.05) is 0 Å². The van der Waals surface area contributed by atoms with Crippen molar-refractivity contribution in [1.29, 1.82) is 0 Å². The van der Waals surface area contributed by atoms with Crippen molar-refractivity contribution in [1.82, 2.24) is 0 Å². The fraction of sp³-hybridized carbons (Fsp3) is 0.818. The Morgan fingerprint density at radius 1 is 1.33 bits per heavy atom. The predicted molar refractivity (Wildman–Crippen MR) is 58.2 cm³/mol. The van der Waals surface area contributed by atoms with Gasteiger partial charge in [0.15, 0.2) is 0 Å². The summed E-state index contributed by atoms with van der Waals surface area (Å²) in [6.07, 6.45) is 5.38. The highest BCUT2D eigenvalue weighted by molar-refractivity contribution is 4.85. The SMILES string of the molecule is C=CC(CC)C(N)CCC.CC. The van der Waals surface area contributed by atoms with Gasteiger partial charge in [-0.05, 0) is 18.8 Å². The van der Waals surface area contributed by atoms with Gasteiger partial charge in [-0.2, -0.15) is 0 Å². The molecule has 0 radical (unpaired) electrons. The van der Waals surface area contributed by atoms with Crippen molar-refractivity contribution in [3.05, 3.63) is 12.7 Å². The van der Waals surface area contributed by atoms with Gasteiger partial charge in [0.25, 0.3) is 0 Å². The number of hydrogen-bond acceptors (Lipinski definition) is 1. The summed E-state index contributed by atoms with van der Waals surface area (Å²) >= 11 is 0. The third-order valence-electron chi connectivity index (χ3n) is 1.95. The van der Waals surface area contributed by atoms with E-state index in [2.05, 4.69) is 20.4 Å². The molecule has 0 saturated heterocycles. The average molecular weight is 171 g/mol. The Morgan fingerprint density at radius 2 is 1.83 bits per heavy atom. The molecule has 0 aromatic carbocycles. The van der Waals surface area contributed by atoms with E-state index in [1.54, 1.807) is 0 Å². The Balaban J connectivity index is 0. The largest absolute Gasteiger partial charge is 0.327 e. The van der Waals surface area contributed by atoms with Crippen molar-refractivity contribution >= 4 is 0 Å². The first-order valence-electron chi connectivity index (χ1n) is 5.14. The first-order chi connectivity index (χ1) is 5.76. The molecular formula is C11H25N. The van der Waals surface area contributed by atoms with Gasteiger partial charge in [0.05, 0.1) is 0 Å². The summed E-state index contributed by atoms with van der Waals surface area (Å²) in [5, 5.41) is 0. The lowest BCUT2D eigenvalue weighted by molar-refractivity contribution is 0.457. The van der Waals surface area contributed by atoms with Gasteiger partial charge in [-0.15, -0.1) is 6.58 Å². The highest BCUT2D eigenvalue weighted by Crippen LogP contribution is 2.11. The van der Waals surface area contributed by atoms with E-state index in [1.165, 1.54) is 6.42 Å². The van der Waals surface area contributed by atoms with Crippen molar-refractivity contribution < 1.29 is 0 Å². The van der Waals surface area contributed by atoms with Gasteiger partial charge in [0.1, 0.15) is 0 Å². The molecule has 0 fully saturated rings. The second-order valence-corrected chi connectivity index (χ2v) is 2.76. The Labute approximate surface area is 78.0 Å². The predicted octanol–water partition coefficient (Wildman–Crippen LogP) is 3.35. The second-order valence-electron chi connectivity index (χ2n) is 2.76. The van der Waals surface area contributed by atoms with E-state index in [-0.39, 0.29) is 0 Å². The minimum atomic E-state index is 0.326. The van der Waals surface area contributed by atoms with Crippen LogP contribution in [0.4, 0.5) is 0 Å². The molecule has 0 rings (SSSR count). The van der Waals surface area contributed by atoms with Gasteiger partial charge in [-0.1, -0.05) is 40.2 Å². The van der Waals surface area contributed by atoms with E-state index in [1.807, 2.05) is 19.9 Å². The standard InChI is InChI=1S/C9H19N.C2H6/c1-4-7-9(10)8(5-2)6-3;1-2/h5,8-9H,2,4,6-7,10H2,1,3H3;1-2H3. The lowest BCUT2D eigenvalue weighted by Crippen LogP contribution is -2.27. The van der Waals surface area contributed by atoms with Gasteiger partial charge >= 0.3 is 0 Å². The molecule has 0 aliphatic heterocycles. The summed E-state index contributed by atoms with van der Waals surface area (Å²) < 4.78 is 0. The zero-order chi connectivity index (χ0) is 9.98. The van der Waals surface area contributed by atoms with Crippen LogP contribution in [0.5, 0.6) is 0 Å². The van der Waals surface area contributed by atoms with Crippen LogP contribution in [0.1, 0.15) is 47.0 Å². The molecule has 2 N–H and O–H groups in total. The molecule has 0 bridgehead atoms. The molecule has 1 nitrogen and oxygen atoms in total. The summed E-state index contributed by atoms with van der Waals surface area (Å²) in [4.78, 5) is 0. The summed E-state index contributed by atoms with van der Waals surface area (Å²) in [6.45, 7) is 12.1. The van der Waals surface area contributed by atoms with Crippen molar-refractivity contribution in [2.45, 2.75) is 53.0 Å². The Bertz CT molecular complexity index is 89.0. The molecular weight excluding hydrogens is 146 g/mol. The molecule has 0 saturated carbocycles. The van der Waals surface area contributed by atoms with E-state index in [4.69, 9.17) is 5.73 Å². The van der Waals surface area contributed by atoms with Crippen LogP contribution in [0.3, 0.4) is 0 Å². The first-order valence-corrected chi connectivity index (χ1v) is 5.14. The van der Waals surface area contributed by atoms with Gasteiger partial charge in [0.2, 0.25) is 0 Å². The molecule has 1 heteroatoms. The normalized spacial score (nSPS) is 14.1. The third-order valence-corrected chi connectivity index (χ3v) is 1.95. The Kier molecular flexibility index (Phi) is 12.7. The molecule has 0 aromatic rings. The summed E-state index contributed by atoms with van der Waals surface area (Å²) in [5.74, 6) is 0.514. The molecule has 0 amide bonds. The fourth-order valence-corrected chi connectivity index (χ4v) is 1.19. The zero-order valence-electron chi connectivity index (χ0n) is 9.14. The van der Waals surface area contributed by atoms with Crippen LogP contribution in [0.15, 0.2) is 12.7 Å². The van der Waals surface area contributed by atoms with E-state index >= 15 is 0 Å². The molecule has 2 atom stereocenters. The highest BCUT2D eigenvalue weighted by atomic mass is 14.6. The molecule has 0 heterocycles. The molecule has 0 aliphatic carbocycles. The monoisotopic (exact) mass is 171 g/mol. The molecule has 2 unspecified atom stereocenters. The summed E-state index contributed by atoms with van der Waals surface area (Å²) in [6, 6.07) is 0.326. The number of nitrogens with two attached hydrogens (primary N) is 1. The van der Waals surface area contributed by atoms with Crippen LogP contribution >= 0.6 is 0 Å². The molecule has 0 aromatic heterocycles. The lowest BCUT2D eigenvalue weighted by atomic mass is 9.94. The zero-order valence-corrected chi connectivity index (χ0v) is 9.14. The van der Waals surface area contributed by atoms with Gasteiger partial charge in [-0.3, -0.25) is 0 Å². The smallest absolute Gasteiger partial charge is 0.0102 e. The maximum absolute atomic E-state index is 5.88. The van der Waals surface area contributed by atoms with Crippen LogP contribution in [0.2, 0.25) is 0 Å². The first kappa shape index (κ1) is 14.2. The van der Waals surface area contributed by atoms with Gasteiger partial charge in [-0.25, -0.2) is 0 Å². The molecule has 0 spiro atoms. The molecule has 0 aliphatic rings. The minimum absolute atomic E-state index is 0.326. The third kappa shape index (κ3) is 6.41. The Morgan fingerprint density at radius 3 is 2.08 bits per heavy atom. The topological polar surface area (TPSA) is 26.0 Å². The van der Waals surface area contributed by atoms with E-state index in [0.29, 0.717) is 12.0 Å². The van der Waals surface area contributed by atoms with Crippen LogP contribution in [0, 0.1) is 5.92 Å². The quantitative estimate of drug-likeness (QED) is 0.631. The van der Waals surface area contributed by atoms with E-state index in [0.717, 1.165) is 12.8 Å². The molecule has 12 heavy (non-hydrogen) atoms. The summed E-state index contributed by atoms with van der Waals surface area (Å²) in [7, 11) is 0. The Hall–Kier alpha value is -0.300. The minimum Gasteiger partial charge on any atom is -0.327 e. The lowest BCUT2D eigenvalue weighted by Gasteiger charge is -2.17. The summed E-state index contributed by atoms with van der Waals surface area (Å²) in [5.41, 5.74) is 5.88. The maximum Gasteiger partial charge on any atom is 0.0102 e. The maximum atomic E-state index is 5.88. The second kappa shape index (κ2) is 10.7. The number of hydrogen-bond donors (Lipinski definition) is 1. The molecule has 74 valence electrons. The fourth-order valence-electron chi connectivity index (χ4n) is 1.19. The van der Waals surface area contributed by atoms with Gasteiger partial charge < -0.3 is 5.73 Å². The highest BCUT2D eigenvalue weighted by Gasteiger charge is 2.09. The van der Waals surface area contributed by atoms with E-state index in [9.17, 15) is 0 Å². The van der Waals surface area contributed by atoms with Crippen molar-refractivity contribution in [2.24, 2.45) is 11.7 Å². The van der Waals surface area contributed by atoms with Crippen molar-refractivity contribution in [3.63, 3.8) is 0 Å². The van der Waals surface area contributed by atoms with Crippen molar-refractivity contribution in [3.8, 4) is 0 Å².